The lowest BCUT2D eigenvalue weighted by Crippen LogP contribution is -2.51. The number of aryl methyl sites for hydroxylation is 2. The molecule has 0 radical (unpaired) electrons. The SMILES string of the molecule is CCCCNC(=O)C(C)N(Cc1ccc(Cl)cc1)C(=O)CN(c1cccc(C)c1)S(=O)(=O)c1ccc(C)cc1. The molecule has 3 aromatic rings. The zero-order valence-electron chi connectivity index (χ0n) is 22.9. The monoisotopic (exact) mass is 569 g/mol. The van der Waals surface area contributed by atoms with Crippen LogP contribution < -0.4 is 9.62 Å². The number of halogens is 1. The highest BCUT2D eigenvalue weighted by Gasteiger charge is 2.32. The molecule has 0 saturated heterocycles. The Morgan fingerprint density at radius 2 is 1.62 bits per heavy atom. The fourth-order valence-electron chi connectivity index (χ4n) is 4.05. The highest BCUT2D eigenvalue weighted by molar-refractivity contribution is 7.92. The van der Waals surface area contributed by atoms with Crippen molar-refractivity contribution in [2.24, 2.45) is 0 Å². The van der Waals surface area contributed by atoms with Crippen LogP contribution in [0.3, 0.4) is 0 Å². The lowest BCUT2D eigenvalue weighted by atomic mass is 10.1. The Kier molecular flexibility index (Phi) is 10.5. The third-order valence-electron chi connectivity index (χ3n) is 6.44. The van der Waals surface area contributed by atoms with E-state index in [9.17, 15) is 18.0 Å². The van der Waals surface area contributed by atoms with E-state index in [0.29, 0.717) is 17.3 Å². The normalized spacial score (nSPS) is 12.0. The summed E-state index contributed by atoms with van der Waals surface area (Å²) in [5, 5.41) is 3.43. The maximum absolute atomic E-state index is 13.9. The molecule has 2 amide bonds. The van der Waals surface area contributed by atoms with E-state index >= 15 is 0 Å². The zero-order valence-corrected chi connectivity index (χ0v) is 24.4. The number of anilines is 1. The van der Waals surface area contributed by atoms with E-state index in [-0.39, 0.29) is 17.3 Å². The number of hydrogen-bond donors (Lipinski definition) is 1. The summed E-state index contributed by atoms with van der Waals surface area (Å²) < 4.78 is 28.8. The van der Waals surface area contributed by atoms with Gasteiger partial charge in [-0.25, -0.2) is 8.42 Å². The molecule has 0 aliphatic heterocycles. The van der Waals surface area contributed by atoms with Gasteiger partial charge in [-0.05, 0) is 74.7 Å². The summed E-state index contributed by atoms with van der Waals surface area (Å²) in [7, 11) is -4.09. The van der Waals surface area contributed by atoms with Gasteiger partial charge in [0, 0.05) is 18.1 Å². The predicted molar refractivity (Wildman–Crippen MR) is 156 cm³/mol. The number of hydrogen-bond acceptors (Lipinski definition) is 4. The second kappa shape index (κ2) is 13.6. The van der Waals surface area contributed by atoms with E-state index in [0.717, 1.165) is 33.8 Å². The number of benzene rings is 3. The fourth-order valence-corrected chi connectivity index (χ4v) is 5.59. The van der Waals surface area contributed by atoms with Gasteiger partial charge in [0.2, 0.25) is 11.8 Å². The molecule has 9 heteroatoms. The first-order valence-electron chi connectivity index (χ1n) is 13.0. The van der Waals surface area contributed by atoms with Gasteiger partial charge in [0.05, 0.1) is 10.6 Å². The van der Waals surface area contributed by atoms with Crippen LogP contribution in [0.15, 0.2) is 77.7 Å². The molecule has 1 unspecified atom stereocenters. The number of unbranched alkanes of at least 4 members (excludes halogenated alkanes) is 1. The van der Waals surface area contributed by atoms with Crippen molar-refractivity contribution in [1.29, 1.82) is 0 Å². The van der Waals surface area contributed by atoms with E-state index in [1.54, 1.807) is 61.5 Å². The Labute approximate surface area is 236 Å². The quantitative estimate of drug-likeness (QED) is 0.292. The average molecular weight is 570 g/mol. The van der Waals surface area contributed by atoms with Gasteiger partial charge in [0.1, 0.15) is 12.6 Å². The summed E-state index contributed by atoms with van der Waals surface area (Å²) in [6.07, 6.45) is 1.74. The van der Waals surface area contributed by atoms with Gasteiger partial charge in [-0.2, -0.15) is 0 Å². The molecule has 3 aromatic carbocycles. The van der Waals surface area contributed by atoms with Crippen LogP contribution >= 0.6 is 11.6 Å². The number of sulfonamides is 1. The maximum atomic E-state index is 13.9. The smallest absolute Gasteiger partial charge is 0.264 e. The van der Waals surface area contributed by atoms with Gasteiger partial charge in [0.15, 0.2) is 0 Å². The lowest BCUT2D eigenvalue weighted by molar-refractivity contribution is -0.139. The van der Waals surface area contributed by atoms with Crippen LogP contribution in [0.4, 0.5) is 5.69 Å². The van der Waals surface area contributed by atoms with Crippen LogP contribution in [0.2, 0.25) is 5.02 Å². The number of carbonyl (C=O) groups is 2. The third-order valence-corrected chi connectivity index (χ3v) is 8.48. The molecule has 0 heterocycles. The minimum absolute atomic E-state index is 0.0806. The van der Waals surface area contributed by atoms with Crippen LogP contribution in [0.5, 0.6) is 0 Å². The summed E-state index contributed by atoms with van der Waals surface area (Å²) in [5.41, 5.74) is 2.91. The van der Waals surface area contributed by atoms with Gasteiger partial charge in [-0.1, -0.05) is 66.9 Å². The third kappa shape index (κ3) is 8.07. The van der Waals surface area contributed by atoms with Gasteiger partial charge >= 0.3 is 0 Å². The predicted octanol–water partition coefficient (Wildman–Crippen LogP) is 5.49. The molecule has 7 nitrogen and oxygen atoms in total. The topological polar surface area (TPSA) is 86.8 Å². The van der Waals surface area contributed by atoms with Crippen LogP contribution in [0.1, 0.15) is 43.4 Å². The molecule has 0 fully saturated rings. The molecule has 0 aliphatic carbocycles. The maximum Gasteiger partial charge on any atom is 0.264 e. The summed E-state index contributed by atoms with van der Waals surface area (Å²) >= 11 is 6.04. The van der Waals surface area contributed by atoms with E-state index in [2.05, 4.69) is 5.32 Å². The molecule has 0 bridgehead atoms. The Hall–Kier alpha value is -3.36. The van der Waals surface area contributed by atoms with Crippen molar-refractivity contribution >= 4 is 39.1 Å². The molecule has 3 rings (SSSR count). The number of nitrogens with zero attached hydrogens (tertiary/aromatic N) is 2. The van der Waals surface area contributed by atoms with Crippen LogP contribution in [0, 0.1) is 13.8 Å². The highest BCUT2D eigenvalue weighted by atomic mass is 35.5. The zero-order chi connectivity index (χ0) is 28.6. The fraction of sp³-hybridized carbons (Fsp3) is 0.333. The van der Waals surface area contributed by atoms with Crippen molar-refractivity contribution in [3.63, 3.8) is 0 Å². The molecule has 0 aromatic heterocycles. The minimum atomic E-state index is -4.09. The molecule has 208 valence electrons. The highest BCUT2D eigenvalue weighted by Crippen LogP contribution is 2.26. The number of nitrogens with one attached hydrogen (secondary N) is 1. The van der Waals surface area contributed by atoms with E-state index in [1.165, 1.54) is 17.0 Å². The van der Waals surface area contributed by atoms with Crippen molar-refractivity contribution in [2.45, 2.75) is 58.0 Å². The van der Waals surface area contributed by atoms with Crippen LogP contribution in [0.25, 0.3) is 0 Å². The molecule has 0 saturated carbocycles. The summed E-state index contributed by atoms with van der Waals surface area (Å²) in [4.78, 5) is 28.4. The lowest BCUT2D eigenvalue weighted by Gasteiger charge is -2.32. The van der Waals surface area contributed by atoms with E-state index in [1.807, 2.05) is 26.8 Å². The molecule has 1 N–H and O–H groups in total. The van der Waals surface area contributed by atoms with Gasteiger partial charge in [-0.3, -0.25) is 13.9 Å². The Morgan fingerprint density at radius 3 is 2.23 bits per heavy atom. The summed E-state index contributed by atoms with van der Waals surface area (Å²) in [5.74, 6) is -0.797. The molecule has 0 spiro atoms. The van der Waals surface area contributed by atoms with Crippen molar-refractivity contribution < 1.29 is 18.0 Å². The molecular weight excluding hydrogens is 534 g/mol. The van der Waals surface area contributed by atoms with Crippen LogP contribution in [-0.2, 0) is 26.2 Å². The van der Waals surface area contributed by atoms with Crippen molar-refractivity contribution in [1.82, 2.24) is 10.2 Å². The van der Waals surface area contributed by atoms with Gasteiger partial charge < -0.3 is 10.2 Å². The second-order valence-electron chi connectivity index (χ2n) is 9.63. The van der Waals surface area contributed by atoms with Gasteiger partial charge in [-0.15, -0.1) is 0 Å². The Balaban J connectivity index is 1.99. The first kappa shape index (κ1) is 30.2. The molecule has 1 atom stereocenters. The van der Waals surface area contributed by atoms with E-state index < -0.39 is 28.5 Å². The van der Waals surface area contributed by atoms with Crippen molar-refractivity contribution in [2.75, 3.05) is 17.4 Å². The second-order valence-corrected chi connectivity index (χ2v) is 11.9. The first-order valence-corrected chi connectivity index (χ1v) is 14.8. The van der Waals surface area contributed by atoms with Crippen molar-refractivity contribution in [3.05, 3.63) is 94.5 Å². The largest absolute Gasteiger partial charge is 0.354 e. The number of amides is 2. The minimum Gasteiger partial charge on any atom is -0.354 e. The van der Waals surface area contributed by atoms with Crippen molar-refractivity contribution in [3.8, 4) is 0 Å². The first-order chi connectivity index (χ1) is 18.5. The molecule has 39 heavy (non-hydrogen) atoms. The van der Waals surface area contributed by atoms with E-state index in [4.69, 9.17) is 11.6 Å². The van der Waals surface area contributed by atoms with Gasteiger partial charge in [0.25, 0.3) is 10.0 Å². The summed E-state index contributed by atoms with van der Waals surface area (Å²) in [6.45, 7) is 7.56. The standard InChI is InChI=1S/C30H36ClN3O4S/c1-5-6-18-32-30(36)24(4)33(20-25-12-14-26(31)15-13-25)29(35)21-34(27-9-7-8-23(3)19-27)39(37,38)28-16-10-22(2)11-17-28/h7-17,19,24H,5-6,18,20-21H2,1-4H3,(H,32,36). The Bertz CT molecular complexity index is 1380. The number of rotatable bonds is 12. The Morgan fingerprint density at radius 1 is 0.949 bits per heavy atom. The molecule has 0 aliphatic rings. The average Bonchev–Trinajstić information content (AvgIpc) is 2.91. The number of carbonyl (C=O) groups excluding carboxylic acids is 2. The summed E-state index contributed by atoms with van der Waals surface area (Å²) in [6, 6.07) is 19.7. The van der Waals surface area contributed by atoms with Crippen LogP contribution in [-0.4, -0.2) is 44.3 Å². The molecular formula is C30H36ClN3O4S.